The van der Waals surface area contributed by atoms with Crippen LogP contribution >= 0.6 is 0 Å². The molecule has 1 rings (SSSR count). The van der Waals surface area contributed by atoms with Crippen LogP contribution < -0.4 is 0 Å². The minimum Gasteiger partial charge on any atom is -0.508 e. The van der Waals surface area contributed by atoms with E-state index in [1.165, 1.54) is 12.1 Å². The number of phenolic OH excluding ortho intramolecular Hbond substituents is 1. The highest BCUT2D eigenvalue weighted by Gasteiger charge is 2.39. The van der Waals surface area contributed by atoms with E-state index < -0.39 is 18.8 Å². The Morgan fingerprint density at radius 2 is 1.80 bits per heavy atom. The fraction of sp³-hybridized carbons (Fsp3) is 0.400. The zero-order valence-electron chi connectivity index (χ0n) is 7.76. The van der Waals surface area contributed by atoms with Gasteiger partial charge in [-0.25, -0.2) is 4.39 Å². The average molecular weight is 222 g/mol. The molecule has 0 aliphatic carbocycles. The van der Waals surface area contributed by atoms with Crippen LogP contribution in [0.5, 0.6) is 5.75 Å². The second kappa shape index (κ2) is 4.51. The molecular weight excluding hydrogens is 212 g/mol. The van der Waals surface area contributed by atoms with Crippen molar-refractivity contribution in [2.24, 2.45) is 0 Å². The highest BCUT2D eigenvalue weighted by atomic mass is 19.4. The SMILES string of the molecule is Oc1ccccc1CCC(F)C(F)(F)F. The number of rotatable bonds is 3. The van der Waals surface area contributed by atoms with E-state index in [1.54, 1.807) is 12.1 Å². The Morgan fingerprint density at radius 3 is 2.33 bits per heavy atom. The molecule has 0 bridgehead atoms. The summed E-state index contributed by atoms with van der Waals surface area (Å²) in [5, 5.41) is 9.22. The second-order valence-electron chi connectivity index (χ2n) is 3.18. The average Bonchev–Trinajstić information content (AvgIpc) is 2.14. The molecule has 1 atom stereocenters. The Kier molecular flexibility index (Phi) is 3.55. The van der Waals surface area contributed by atoms with Gasteiger partial charge in [0, 0.05) is 0 Å². The van der Waals surface area contributed by atoms with E-state index in [1.807, 2.05) is 0 Å². The first kappa shape index (κ1) is 11.8. The summed E-state index contributed by atoms with van der Waals surface area (Å²) in [6.07, 6.45) is -8.45. The molecule has 0 saturated carbocycles. The summed E-state index contributed by atoms with van der Waals surface area (Å²) in [7, 11) is 0. The Morgan fingerprint density at radius 1 is 1.20 bits per heavy atom. The predicted octanol–water partition coefficient (Wildman–Crippen LogP) is 3.23. The van der Waals surface area contributed by atoms with Crippen LogP contribution in [0.2, 0.25) is 0 Å². The summed E-state index contributed by atoms with van der Waals surface area (Å²) in [6, 6.07) is 5.96. The number of alkyl halides is 4. The molecule has 1 N–H and O–H groups in total. The molecule has 0 fully saturated rings. The first-order chi connectivity index (χ1) is 6.91. The minimum absolute atomic E-state index is 0.105. The largest absolute Gasteiger partial charge is 0.508 e. The van der Waals surface area contributed by atoms with Crippen molar-refractivity contribution in [3.05, 3.63) is 29.8 Å². The van der Waals surface area contributed by atoms with Crippen molar-refractivity contribution in [2.75, 3.05) is 0 Å². The van der Waals surface area contributed by atoms with Gasteiger partial charge in [0.05, 0.1) is 0 Å². The van der Waals surface area contributed by atoms with Crippen LogP contribution in [-0.4, -0.2) is 17.5 Å². The molecule has 0 spiro atoms. The Balaban J connectivity index is 2.55. The Bertz CT molecular complexity index is 321. The van der Waals surface area contributed by atoms with Gasteiger partial charge in [-0.3, -0.25) is 0 Å². The lowest BCUT2D eigenvalue weighted by molar-refractivity contribution is -0.181. The summed E-state index contributed by atoms with van der Waals surface area (Å²) in [5.74, 6) is -0.105. The standard InChI is InChI=1S/C10H10F4O/c11-9(10(12,13)14)6-5-7-3-1-2-4-8(7)15/h1-4,9,15H,5-6H2. The van der Waals surface area contributed by atoms with E-state index in [2.05, 4.69) is 0 Å². The van der Waals surface area contributed by atoms with Crippen molar-refractivity contribution in [1.29, 1.82) is 0 Å². The van der Waals surface area contributed by atoms with Crippen LogP contribution in [0.1, 0.15) is 12.0 Å². The maximum absolute atomic E-state index is 12.5. The van der Waals surface area contributed by atoms with Crippen LogP contribution in [-0.2, 0) is 6.42 Å². The maximum atomic E-state index is 12.5. The monoisotopic (exact) mass is 222 g/mol. The van der Waals surface area contributed by atoms with Crippen molar-refractivity contribution in [2.45, 2.75) is 25.2 Å². The Hall–Kier alpha value is -1.26. The summed E-state index contributed by atoms with van der Waals surface area (Å²) in [5.41, 5.74) is 0.324. The van der Waals surface area contributed by atoms with E-state index in [0.29, 0.717) is 5.56 Å². The lowest BCUT2D eigenvalue weighted by Gasteiger charge is -2.12. The Labute approximate surface area is 84.3 Å². The van der Waals surface area contributed by atoms with Crippen LogP contribution in [0.4, 0.5) is 17.6 Å². The van der Waals surface area contributed by atoms with Crippen molar-refractivity contribution < 1.29 is 22.7 Å². The molecule has 1 aromatic carbocycles. The van der Waals surface area contributed by atoms with Crippen molar-refractivity contribution in [3.8, 4) is 5.75 Å². The van der Waals surface area contributed by atoms with Gasteiger partial charge in [0.15, 0.2) is 6.17 Å². The minimum atomic E-state index is -4.82. The molecule has 15 heavy (non-hydrogen) atoms. The third kappa shape index (κ3) is 3.42. The summed E-state index contributed by atoms with van der Waals surface area (Å²) in [6.45, 7) is 0. The van der Waals surface area contributed by atoms with E-state index in [4.69, 9.17) is 0 Å². The van der Waals surface area contributed by atoms with Gasteiger partial charge in [0.1, 0.15) is 5.75 Å². The maximum Gasteiger partial charge on any atom is 0.419 e. The molecule has 5 heteroatoms. The quantitative estimate of drug-likeness (QED) is 0.778. The molecule has 0 aliphatic heterocycles. The van der Waals surface area contributed by atoms with Gasteiger partial charge in [-0.05, 0) is 24.5 Å². The molecule has 0 saturated heterocycles. The lowest BCUT2D eigenvalue weighted by Crippen LogP contribution is -2.24. The molecule has 1 unspecified atom stereocenters. The van der Waals surface area contributed by atoms with Gasteiger partial charge < -0.3 is 5.11 Å². The van der Waals surface area contributed by atoms with Crippen LogP contribution in [0.3, 0.4) is 0 Å². The van der Waals surface area contributed by atoms with E-state index in [-0.39, 0.29) is 12.2 Å². The van der Waals surface area contributed by atoms with Crippen molar-refractivity contribution >= 4 is 0 Å². The number of halogens is 4. The number of aromatic hydroxyl groups is 1. The van der Waals surface area contributed by atoms with Crippen molar-refractivity contribution in [3.63, 3.8) is 0 Å². The molecule has 84 valence electrons. The molecule has 1 aromatic rings. The number of hydrogen-bond acceptors (Lipinski definition) is 1. The van der Waals surface area contributed by atoms with Crippen molar-refractivity contribution in [1.82, 2.24) is 0 Å². The molecular formula is C10H10F4O. The second-order valence-corrected chi connectivity index (χ2v) is 3.18. The molecule has 0 amide bonds. The van der Waals surface area contributed by atoms with Crippen LogP contribution in [0, 0.1) is 0 Å². The zero-order valence-corrected chi connectivity index (χ0v) is 7.76. The van der Waals surface area contributed by atoms with Gasteiger partial charge in [-0.2, -0.15) is 13.2 Å². The molecule has 1 nitrogen and oxygen atoms in total. The lowest BCUT2D eigenvalue weighted by atomic mass is 10.1. The number of phenols is 1. The van der Waals surface area contributed by atoms with E-state index in [0.717, 1.165) is 0 Å². The topological polar surface area (TPSA) is 20.2 Å². The highest BCUT2D eigenvalue weighted by Crippen LogP contribution is 2.27. The molecule has 0 aromatic heterocycles. The van der Waals surface area contributed by atoms with Gasteiger partial charge in [0.2, 0.25) is 0 Å². The highest BCUT2D eigenvalue weighted by molar-refractivity contribution is 5.31. The number of aryl methyl sites for hydroxylation is 1. The van der Waals surface area contributed by atoms with Crippen LogP contribution in [0.25, 0.3) is 0 Å². The normalized spacial score (nSPS) is 13.9. The van der Waals surface area contributed by atoms with E-state index >= 15 is 0 Å². The molecule has 0 heterocycles. The molecule has 0 radical (unpaired) electrons. The number of para-hydroxylation sites is 1. The van der Waals surface area contributed by atoms with Gasteiger partial charge in [-0.1, -0.05) is 18.2 Å². The van der Waals surface area contributed by atoms with Gasteiger partial charge in [-0.15, -0.1) is 0 Å². The summed E-state index contributed by atoms with van der Waals surface area (Å²) in [4.78, 5) is 0. The first-order valence-corrected chi connectivity index (χ1v) is 4.39. The number of hydrogen-bond donors (Lipinski definition) is 1. The third-order valence-corrected chi connectivity index (χ3v) is 2.01. The fourth-order valence-corrected chi connectivity index (χ4v) is 1.17. The van der Waals surface area contributed by atoms with Gasteiger partial charge >= 0.3 is 6.18 Å². The van der Waals surface area contributed by atoms with Crippen LogP contribution in [0.15, 0.2) is 24.3 Å². The first-order valence-electron chi connectivity index (χ1n) is 4.39. The molecule has 0 aliphatic rings. The predicted molar refractivity (Wildman–Crippen MR) is 47.4 cm³/mol. The summed E-state index contributed by atoms with van der Waals surface area (Å²) >= 11 is 0. The third-order valence-electron chi connectivity index (χ3n) is 2.01. The smallest absolute Gasteiger partial charge is 0.419 e. The van der Waals surface area contributed by atoms with Gasteiger partial charge in [0.25, 0.3) is 0 Å². The summed E-state index contributed by atoms with van der Waals surface area (Å²) < 4.78 is 48.0. The fourth-order valence-electron chi connectivity index (χ4n) is 1.17. The zero-order chi connectivity index (χ0) is 11.5. The number of benzene rings is 1. The van der Waals surface area contributed by atoms with E-state index in [9.17, 15) is 22.7 Å².